The first-order valence-electron chi connectivity index (χ1n) is 7.78. The third kappa shape index (κ3) is 5.61. The van der Waals surface area contributed by atoms with Gasteiger partial charge in [-0.3, -0.25) is 4.79 Å². The zero-order valence-electron chi connectivity index (χ0n) is 14.5. The van der Waals surface area contributed by atoms with Crippen LogP contribution in [0.25, 0.3) is 6.08 Å². The molecule has 2 aromatic carbocycles. The molecule has 0 fully saturated rings. The van der Waals surface area contributed by atoms with Gasteiger partial charge >= 0.3 is 0 Å². The number of anilines is 1. The van der Waals surface area contributed by atoms with Gasteiger partial charge in [0.15, 0.2) is 0 Å². The Morgan fingerprint density at radius 3 is 2.74 bits per heavy atom. The van der Waals surface area contributed by atoms with Crippen molar-refractivity contribution in [3.63, 3.8) is 0 Å². The molecule has 0 radical (unpaired) electrons. The molecule has 1 amide bonds. The van der Waals surface area contributed by atoms with Crippen LogP contribution in [0.2, 0.25) is 5.02 Å². The Kier molecular flexibility index (Phi) is 7.47. The number of hydrogen-bond acceptors (Lipinski definition) is 4. The van der Waals surface area contributed by atoms with E-state index in [0.717, 1.165) is 4.47 Å². The molecule has 0 heterocycles. The van der Waals surface area contributed by atoms with E-state index >= 15 is 0 Å². The second-order valence-electron chi connectivity index (χ2n) is 5.25. The highest BCUT2D eigenvalue weighted by molar-refractivity contribution is 9.10. The predicted octanol–water partition coefficient (Wildman–Crippen LogP) is 5.22. The number of methoxy groups -OCH3 is 1. The number of carbonyl (C=O) groups is 1. The van der Waals surface area contributed by atoms with Crippen LogP contribution in [-0.2, 0) is 4.79 Å². The van der Waals surface area contributed by atoms with Crippen molar-refractivity contribution in [3.05, 3.63) is 69.7 Å². The van der Waals surface area contributed by atoms with Gasteiger partial charge in [-0.25, -0.2) is 0 Å². The van der Waals surface area contributed by atoms with Gasteiger partial charge in [-0.2, -0.15) is 5.26 Å². The lowest BCUT2D eigenvalue weighted by atomic mass is 10.1. The average Bonchev–Trinajstić information content (AvgIpc) is 2.65. The van der Waals surface area contributed by atoms with Crippen molar-refractivity contribution in [3.8, 4) is 17.6 Å². The van der Waals surface area contributed by atoms with Crippen molar-refractivity contribution in [2.24, 2.45) is 0 Å². The standard InChI is InChI=1S/C20H16BrClN2O3/c1-3-8-27-18-6-4-15(21)10-13(18)9-14(12-23)20(25)24-17-11-16(22)5-7-19(17)26-2/h3-7,9-11H,1,8H2,2H3,(H,24,25)/b14-9+. The Labute approximate surface area is 171 Å². The maximum atomic E-state index is 12.6. The summed E-state index contributed by atoms with van der Waals surface area (Å²) in [5.41, 5.74) is 0.850. The van der Waals surface area contributed by atoms with Crippen LogP contribution in [-0.4, -0.2) is 19.6 Å². The molecule has 0 saturated carbocycles. The Hall–Kier alpha value is -2.75. The summed E-state index contributed by atoms with van der Waals surface area (Å²) in [6.07, 6.45) is 3.06. The molecule has 7 heteroatoms. The monoisotopic (exact) mass is 446 g/mol. The molecule has 0 unspecified atom stereocenters. The van der Waals surface area contributed by atoms with Crippen LogP contribution < -0.4 is 14.8 Å². The number of ether oxygens (including phenoxy) is 2. The third-order valence-corrected chi connectivity index (χ3v) is 4.13. The highest BCUT2D eigenvalue weighted by Crippen LogP contribution is 2.29. The Bertz CT molecular complexity index is 935. The van der Waals surface area contributed by atoms with Crippen molar-refractivity contribution >= 4 is 45.2 Å². The van der Waals surface area contributed by atoms with E-state index in [2.05, 4.69) is 27.8 Å². The zero-order valence-corrected chi connectivity index (χ0v) is 16.8. The number of nitrogens with one attached hydrogen (secondary N) is 1. The Balaban J connectivity index is 2.35. The summed E-state index contributed by atoms with van der Waals surface area (Å²) >= 11 is 9.35. The second-order valence-corrected chi connectivity index (χ2v) is 6.60. The molecule has 5 nitrogen and oxygen atoms in total. The molecule has 0 saturated heterocycles. The molecule has 138 valence electrons. The fourth-order valence-electron chi connectivity index (χ4n) is 2.18. The van der Waals surface area contributed by atoms with Crippen LogP contribution in [0.15, 0.2) is 59.1 Å². The smallest absolute Gasteiger partial charge is 0.266 e. The van der Waals surface area contributed by atoms with Crippen LogP contribution in [0.3, 0.4) is 0 Å². The summed E-state index contributed by atoms with van der Waals surface area (Å²) in [5.74, 6) is 0.370. The minimum Gasteiger partial charge on any atom is -0.495 e. The largest absolute Gasteiger partial charge is 0.495 e. The van der Waals surface area contributed by atoms with Gasteiger partial charge < -0.3 is 14.8 Å². The Morgan fingerprint density at radius 2 is 2.07 bits per heavy atom. The van der Waals surface area contributed by atoms with Gasteiger partial charge in [-0.05, 0) is 42.5 Å². The van der Waals surface area contributed by atoms with Crippen molar-refractivity contribution in [1.29, 1.82) is 5.26 Å². The van der Waals surface area contributed by atoms with Crippen LogP contribution >= 0.6 is 27.5 Å². The minimum absolute atomic E-state index is 0.0985. The highest BCUT2D eigenvalue weighted by atomic mass is 79.9. The number of benzene rings is 2. The molecule has 0 aliphatic carbocycles. The predicted molar refractivity (Wildman–Crippen MR) is 110 cm³/mol. The van der Waals surface area contributed by atoms with E-state index in [1.807, 2.05) is 6.07 Å². The summed E-state index contributed by atoms with van der Waals surface area (Å²) in [7, 11) is 1.48. The molecular formula is C20H16BrClN2O3. The van der Waals surface area contributed by atoms with E-state index in [4.69, 9.17) is 21.1 Å². The lowest BCUT2D eigenvalue weighted by molar-refractivity contribution is -0.112. The molecule has 2 aromatic rings. The van der Waals surface area contributed by atoms with Gasteiger partial charge in [-0.1, -0.05) is 40.2 Å². The normalized spacial score (nSPS) is 10.7. The maximum absolute atomic E-state index is 12.6. The average molecular weight is 448 g/mol. The van der Waals surface area contributed by atoms with Gasteiger partial charge in [0.05, 0.1) is 12.8 Å². The SMILES string of the molecule is C=CCOc1ccc(Br)cc1/C=C(\C#N)C(=O)Nc1cc(Cl)ccc1OC. The second kappa shape index (κ2) is 9.81. The molecule has 0 atom stereocenters. The summed E-state index contributed by atoms with van der Waals surface area (Å²) < 4.78 is 11.6. The number of nitrogens with zero attached hydrogens (tertiary/aromatic N) is 1. The molecule has 0 spiro atoms. The topological polar surface area (TPSA) is 71.3 Å². The van der Waals surface area contributed by atoms with Gasteiger partial charge in [0.1, 0.15) is 29.7 Å². The number of halogens is 2. The zero-order chi connectivity index (χ0) is 19.8. The summed E-state index contributed by atoms with van der Waals surface area (Å²) in [5, 5.41) is 12.5. The van der Waals surface area contributed by atoms with Crippen LogP contribution in [0.1, 0.15) is 5.56 Å². The van der Waals surface area contributed by atoms with Crippen molar-refractivity contribution in [2.45, 2.75) is 0 Å². The van der Waals surface area contributed by atoms with Gasteiger partial charge in [0.25, 0.3) is 5.91 Å². The molecule has 0 bridgehead atoms. The molecular weight excluding hydrogens is 432 g/mol. The third-order valence-electron chi connectivity index (χ3n) is 3.40. The molecule has 0 aromatic heterocycles. The lowest BCUT2D eigenvalue weighted by Gasteiger charge is -2.11. The van der Waals surface area contributed by atoms with E-state index in [-0.39, 0.29) is 5.57 Å². The number of nitriles is 1. The Morgan fingerprint density at radius 1 is 1.33 bits per heavy atom. The summed E-state index contributed by atoms with van der Waals surface area (Å²) in [6.45, 7) is 3.91. The first-order valence-corrected chi connectivity index (χ1v) is 8.95. The van der Waals surface area contributed by atoms with Crippen LogP contribution in [0.5, 0.6) is 11.5 Å². The quantitative estimate of drug-likeness (QED) is 0.359. The van der Waals surface area contributed by atoms with Crippen LogP contribution in [0, 0.1) is 11.3 Å². The molecule has 0 aliphatic heterocycles. The number of hydrogen-bond donors (Lipinski definition) is 1. The lowest BCUT2D eigenvalue weighted by Crippen LogP contribution is -2.14. The van der Waals surface area contributed by atoms with Gasteiger partial charge in [-0.15, -0.1) is 0 Å². The van der Waals surface area contributed by atoms with Crippen molar-refractivity contribution < 1.29 is 14.3 Å². The highest BCUT2D eigenvalue weighted by Gasteiger charge is 2.14. The fourth-order valence-corrected chi connectivity index (χ4v) is 2.73. The summed E-state index contributed by atoms with van der Waals surface area (Å²) in [4.78, 5) is 12.6. The van der Waals surface area contributed by atoms with E-state index < -0.39 is 5.91 Å². The number of carbonyl (C=O) groups excluding carboxylic acids is 1. The maximum Gasteiger partial charge on any atom is 0.266 e. The van der Waals surface area contributed by atoms with Crippen LogP contribution in [0.4, 0.5) is 5.69 Å². The van der Waals surface area contributed by atoms with Crippen molar-refractivity contribution in [2.75, 3.05) is 19.0 Å². The van der Waals surface area contributed by atoms with E-state index in [1.54, 1.807) is 42.5 Å². The first-order chi connectivity index (χ1) is 13.0. The molecule has 1 N–H and O–H groups in total. The molecule has 0 aliphatic rings. The minimum atomic E-state index is -0.590. The number of rotatable bonds is 7. The first kappa shape index (κ1) is 20.6. The number of amides is 1. The molecule has 2 rings (SSSR count). The van der Waals surface area contributed by atoms with Gasteiger partial charge in [0, 0.05) is 15.1 Å². The van der Waals surface area contributed by atoms with E-state index in [0.29, 0.717) is 34.4 Å². The summed E-state index contributed by atoms with van der Waals surface area (Å²) in [6, 6.07) is 12.0. The van der Waals surface area contributed by atoms with E-state index in [1.165, 1.54) is 13.2 Å². The van der Waals surface area contributed by atoms with Crippen molar-refractivity contribution in [1.82, 2.24) is 0 Å². The molecule has 27 heavy (non-hydrogen) atoms. The fraction of sp³-hybridized carbons (Fsp3) is 0.100. The van der Waals surface area contributed by atoms with E-state index in [9.17, 15) is 10.1 Å². The van der Waals surface area contributed by atoms with Gasteiger partial charge in [0.2, 0.25) is 0 Å².